The number of aromatic carboxylic acids is 2. The van der Waals surface area contributed by atoms with Crippen molar-refractivity contribution in [3.8, 4) is 0 Å². The van der Waals surface area contributed by atoms with Crippen LogP contribution in [-0.2, 0) is 19.3 Å². The Bertz CT molecular complexity index is 704. The van der Waals surface area contributed by atoms with Gasteiger partial charge in [0.05, 0.1) is 0 Å². The number of rotatable bonds is 6. The molecule has 2 rings (SSSR count). The van der Waals surface area contributed by atoms with Crippen molar-refractivity contribution in [2.75, 3.05) is 0 Å². The van der Waals surface area contributed by atoms with Gasteiger partial charge in [-0.25, -0.2) is 9.59 Å². The first-order chi connectivity index (χ1) is 10.8. The topological polar surface area (TPSA) is 106 Å². The van der Waals surface area contributed by atoms with Crippen LogP contribution < -0.4 is 0 Å². The van der Waals surface area contributed by atoms with Crippen LogP contribution in [0.4, 0.5) is 0 Å². The van der Waals surface area contributed by atoms with Gasteiger partial charge in [0.2, 0.25) is 0 Å². The van der Waals surface area contributed by atoms with E-state index in [4.69, 9.17) is 0 Å². The van der Waals surface area contributed by atoms with E-state index in [2.05, 4.69) is 9.97 Å². The van der Waals surface area contributed by atoms with Crippen molar-refractivity contribution in [1.82, 2.24) is 9.97 Å². The standard InChI is InChI=1S/C17H22N2O4/c1-5-10-8(3)14(16(20)21)18-12(10)7-13-11(6-2)9(4)15(19-13)17(22)23/h18-19H,5-7H2,1-4H3,(H,20,21)(H,22,23). The number of H-pyrrole nitrogens is 2. The van der Waals surface area contributed by atoms with Crippen LogP contribution in [0.3, 0.4) is 0 Å². The summed E-state index contributed by atoms with van der Waals surface area (Å²) in [5, 5.41) is 18.5. The molecule has 4 N–H and O–H groups in total. The third-order valence-electron chi connectivity index (χ3n) is 4.42. The number of nitrogens with one attached hydrogen (secondary N) is 2. The van der Waals surface area contributed by atoms with Gasteiger partial charge in [0.15, 0.2) is 0 Å². The maximum absolute atomic E-state index is 11.3. The molecule has 0 radical (unpaired) electrons. The first kappa shape index (κ1) is 16.9. The third-order valence-corrected chi connectivity index (χ3v) is 4.42. The molecular weight excluding hydrogens is 296 g/mol. The van der Waals surface area contributed by atoms with E-state index in [1.807, 2.05) is 13.8 Å². The predicted octanol–water partition coefficient (Wildman–Crippen LogP) is 3.07. The highest BCUT2D eigenvalue weighted by Gasteiger charge is 2.21. The fourth-order valence-electron chi connectivity index (χ4n) is 3.26. The SMILES string of the molecule is CCc1c(Cc2[nH]c(C(=O)O)c(C)c2CC)[nH]c(C(=O)O)c1C. The van der Waals surface area contributed by atoms with Gasteiger partial charge in [-0.2, -0.15) is 0 Å². The zero-order chi connectivity index (χ0) is 17.3. The molecule has 124 valence electrons. The van der Waals surface area contributed by atoms with Crippen molar-refractivity contribution in [3.05, 3.63) is 45.0 Å². The fourth-order valence-corrected chi connectivity index (χ4v) is 3.26. The lowest BCUT2D eigenvalue weighted by Crippen LogP contribution is -2.00. The summed E-state index contributed by atoms with van der Waals surface area (Å²) in [4.78, 5) is 28.6. The van der Waals surface area contributed by atoms with Crippen LogP contribution in [0.5, 0.6) is 0 Å². The molecule has 23 heavy (non-hydrogen) atoms. The van der Waals surface area contributed by atoms with Crippen LogP contribution >= 0.6 is 0 Å². The predicted molar refractivity (Wildman–Crippen MR) is 86.5 cm³/mol. The average Bonchev–Trinajstić information content (AvgIpc) is 2.96. The Balaban J connectivity index is 2.51. The molecule has 0 aromatic carbocycles. The highest BCUT2D eigenvalue weighted by molar-refractivity contribution is 5.89. The number of aromatic nitrogens is 2. The molecule has 2 aromatic rings. The number of hydrogen-bond donors (Lipinski definition) is 4. The highest BCUT2D eigenvalue weighted by Crippen LogP contribution is 2.26. The largest absolute Gasteiger partial charge is 0.477 e. The second kappa shape index (κ2) is 6.32. The van der Waals surface area contributed by atoms with Gasteiger partial charge in [-0.3, -0.25) is 0 Å². The van der Waals surface area contributed by atoms with E-state index in [0.717, 1.165) is 46.5 Å². The lowest BCUT2D eigenvalue weighted by molar-refractivity contribution is 0.0679. The molecule has 2 aromatic heterocycles. The molecular formula is C17H22N2O4. The van der Waals surface area contributed by atoms with E-state index >= 15 is 0 Å². The minimum atomic E-state index is -0.979. The molecule has 0 unspecified atom stereocenters. The van der Waals surface area contributed by atoms with Crippen molar-refractivity contribution < 1.29 is 19.8 Å². The molecule has 0 saturated heterocycles. The first-order valence-corrected chi connectivity index (χ1v) is 7.68. The van der Waals surface area contributed by atoms with Gasteiger partial charge in [-0.15, -0.1) is 0 Å². The molecule has 0 saturated carbocycles. The normalized spacial score (nSPS) is 11.0. The summed E-state index contributed by atoms with van der Waals surface area (Å²) in [6, 6.07) is 0. The van der Waals surface area contributed by atoms with Crippen molar-refractivity contribution in [1.29, 1.82) is 0 Å². The van der Waals surface area contributed by atoms with Gasteiger partial charge in [0, 0.05) is 17.8 Å². The summed E-state index contributed by atoms with van der Waals surface area (Å²) in [6.07, 6.45) is 1.91. The van der Waals surface area contributed by atoms with E-state index in [1.54, 1.807) is 13.8 Å². The quantitative estimate of drug-likeness (QED) is 0.656. The van der Waals surface area contributed by atoms with Crippen LogP contribution in [0.1, 0.15) is 68.5 Å². The Morgan fingerprint density at radius 1 is 0.826 bits per heavy atom. The third kappa shape index (κ3) is 2.88. The number of carbonyl (C=O) groups is 2. The molecule has 6 heteroatoms. The van der Waals surface area contributed by atoms with Gasteiger partial charge >= 0.3 is 11.9 Å². The van der Waals surface area contributed by atoms with Crippen molar-refractivity contribution in [3.63, 3.8) is 0 Å². The van der Waals surface area contributed by atoms with Crippen LogP contribution in [0.2, 0.25) is 0 Å². The number of carboxylic acid groups (broad SMARTS) is 2. The molecule has 2 heterocycles. The van der Waals surface area contributed by atoms with E-state index < -0.39 is 11.9 Å². The summed E-state index contributed by atoms with van der Waals surface area (Å²) >= 11 is 0. The van der Waals surface area contributed by atoms with E-state index in [-0.39, 0.29) is 11.4 Å². The minimum Gasteiger partial charge on any atom is -0.477 e. The van der Waals surface area contributed by atoms with Crippen LogP contribution in [0.15, 0.2) is 0 Å². The zero-order valence-corrected chi connectivity index (χ0v) is 13.8. The van der Waals surface area contributed by atoms with Gasteiger partial charge in [0.25, 0.3) is 0 Å². The minimum absolute atomic E-state index is 0.205. The number of aromatic amines is 2. The van der Waals surface area contributed by atoms with Gasteiger partial charge in [-0.1, -0.05) is 13.8 Å². The lowest BCUT2D eigenvalue weighted by atomic mass is 10.0. The summed E-state index contributed by atoms with van der Waals surface area (Å²) in [7, 11) is 0. The molecule has 0 aliphatic rings. The van der Waals surface area contributed by atoms with E-state index in [9.17, 15) is 19.8 Å². The summed E-state index contributed by atoms with van der Waals surface area (Å²) in [5.41, 5.74) is 5.52. The second-order valence-electron chi connectivity index (χ2n) is 5.66. The molecule has 0 bridgehead atoms. The molecule has 0 aliphatic heterocycles. The van der Waals surface area contributed by atoms with Crippen molar-refractivity contribution in [2.24, 2.45) is 0 Å². The first-order valence-electron chi connectivity index (χ1n) is 7.68. The van der Waals surface area contributed by atoms with Crippen LogP contribution in [0, 0.1) is 13.8 Å². The number of carboxylic acids is 2. The van der Waals surface area contributed by atoms with Gasteiger partial charge in [-0.05, 0) is 48.9 Å². The highest BCUT2D eigenvalue weighted by atomic mass is 16.4. The molecule has 0 aliphatic carbocycles. The second-order valence-corrected chi connectivity index (χ2v) is 5.66. The molecule has 6 nitrogen and oxygen atoms in total. The Morgan fingerprint density at radius 3 is 1.43 bits per heavy atom. The number of hydrogen-bond acceptors (Lipinski definition) is 2. The molecule has 0 spiro atoms. The van der Waals surface area contributed by atoms with Crippen molar-refractivity contribution in [2.45, 2.75) is 47.0 Å². The lowest BCUT2D eigenvalue weighted by Gasteiger charge is -2.05. The Hall–Kier alpha value is -2.50. The van der Waals surface area contributed by atoms with Crippen LogP contribution in [0.25, 0.3) is 0 Å². The van der Waals surface area contributed by atoms with E-state index in [0.29, 0.717) is 6.42 Å². The Morgan fingerprint density at radius 2 is 1.17 bits per heavy atom. The Labute approximate surface area is 134 Å². The molecule has 0 fully saturated rings. The maximum Gasteiger partial charge on any atom is 0.352 e. The molecule has 0 atom stereocenters. The maximum atomic E-state index is 11.3. The Kier molecular flexibility index (Phi) is 4.63. The van der Waals surface area contributed by atoms with E-state index in [1.165, 1.54) is 0 Å². The monoisotopic (exact) mass is 318 g/mol. The summed E-state index contributed by atoms with van der Waals surface area (Å²) < 4.78 is 0. The van der Waals surface area contributed by atoms with Gasteiger partial charge < -0.3 is 20.2 Å². The molecule has 0 amide bonds. The van der Waals surface area contributed by atoms with Crippen molar-refractivity contribution >= 4 is 11.9 Å². The average molecular weight is 318 g/mol. The fraction of sp³-hybridized carbons (Fsp3) is 0.412. The zero-order valence-electron chi connectivity index (χ0n) is 13.8. The smallest absolute Gasteiger partial charge is 0.352 e. The van der Waals surface area contributed by atoms with Gasteiger partial charge in [0.1, 0.15) is 11.4 Å². The summed E-state index contributed by atoms with van der Waals surface area (Å²) in [5.74, 6) is -1.96. The van der Waals surface area contributed by atoms with Crippen LogP contribution in [-0.4, -0.2) is 32.1 Å². The summed E-state index contributed by atoms with van der Waals surface area (Å²) in [6.45, 7) is 7.56.